The molecule has 0 aliphatic heterocycles. The number of carbonyl (C=O) groups is 1. The largest absolute Gasteiger partial charge is 0.358 e. The fourth-order valence-corrected chi connectivity index (χ4v) is 1.34. The van der Waals surface area contributed by atoms with Gasteiger partial charge in [0, 0.05) is 13.6 Å². The minimum atomic E-state index is -0.0542. The number of amides is 1. The number of hydrogen-bond donors (Lipinski definition) is 1. The van der Waals surface area contributed by atoms with Crippen LogP contribution < -0.4 is 5.32 Å². The van der Waals surface area contributed by atoms with Gasteiger partial charge in [-0.05, 0) is 26.3 Å². The van der Waals surface area contributed by atoms with E-state index in [4.69, 9.17) is 5.26 Å². The maximum Gasteiger partial charge on any atom is 0.241 e. The van der Waals surface area contributed by atoms with Crippen molar-refractivity contribution in [3.8, 4) is 6.07 Å². The van der Waals surface area contributed by atoms with Gasteiger partial charge >= 0.3 is 0 Å². The highest BCUT2D eigenvalue weighted by molar-refractivity contribution is 5.80. The van der Waals surface area contributed by atoms with Crippen molar-refractivity contribution >= 4 is 11.7 Å². The Labute approximate surface area is 107 Å². The van der Waals surface area contributed by atoms with E-state index in [9.17, 15) is 4.79 Å². The van der Waals surface area contributed by atoms with E-state index in [-0.39, 0.29) is 12.5 Å². The van der Waals surface area contributed by atoms with Gasteiger partial charge in [-0.15, -0.1) is 5.10 Å². The van der Waals surface area contributed by atoms with Crippen LogP contribution in [0.15, 0.2) is 0 Å². The lowest BCUT2D eigenvalue weighted by molar-refractivity contribution is -0.127. The second-order valence-corrected chi connectivity index (χ2v) is 4.01. The molecular formula is C12H17N5O. The molecule has 96 valence electrons. The molecule has 0 saturated heterocycles. The summed E-state index contributed by atoms with van der Waals surface area (Å²) in [6.07, 6.45) is 0. The maximum absolute atomic E-state index is 11.6. The first-order valence-corrected chi connectivity index (χ1v) is 5.73. The van der Waals surface area contributed by atoms with Gasteiger partial charge in [0.15, 0.2) is 5.82 Å². The Balaban J connectivity index is 2.84. The van der Waals surface area contributed by atoms with Gasteiger partial charge in [0.1, 0.15) is 11.6 Å². The van der Waals surface area contributed by atoms with E-state index in [1.807, 2.05) is 13.8 Å². The summed E-state index contributed by atoms with van der Waals surface area (Å²) in [5, 5.41) is 19.8. The van der Waals surface area contributed by atoms with Crippen molar-refractivity contribution in [3.63, 3.8) is 0 Å². The van der Waals surface area contributed by atoms with Crippen molar-refractivity contribution in [1.82, 2.24) is 15.1 Å². The predicted octanol–water partition coefficient (Wildman–Crippen LogP) is 0.855. The van der Waals surface area contributed by atoms with Crippen LogP contribution in [0.3, 0.4) is 0 Å². The highest BCUT2D eigenvalue weighted by Crippen LogP contribution is 2.16. The van der Waals surface area contributed by atoms with E-state index in [0.29, 0.717) is 23.6 Å². The summed E-state index contributed by atoms with van der Waals surface area (Å²) in [6.45, 7) is 6.26. The number of likely N-dealkylation sites (N-methyl/N-ethyl adjacent to an activating group) is 1. The molecule has 1 aromatic rings. The molecule has 6 heteroatoms. The van der Waals surface area contributed by atoms with Crippen molar-refractivity contribution in [1.29, 1.82) is 5.26 Å². The van der Waals surface area contributed by atoms with Gasteiger partial charge in [-0.25, -0.2) is 0 Å². The van der Waals surface area contributed by atoms with Gasteiger partial charge in [-0.1, -0.05) is 0 Å². The second kappa shape index (κ2) is 5.96. The van der Waals surface area contributed by atoms with Gasteiger partial charge in [0.25, 0.3) is 0 Å². The summed E-state index contributed by atoms with van der Waals surface area (Å²) in [6, 6.07) is 2.08. The van der Waals surface area contributed by atoms with Crippen LogP contribution >= 0.6 is 0 Å². The molecule has 1 rings (SSSR count). The van der Waals surface area contributed by atoms with Gasteiger partial charge < -0.3 is 10.2 Å². The third-order valence-electron chi connectivity index (χ3n) is 2.87. The van der Waals surface area contributed by atoms with Crippen LogP contribution in [0, 0.1) is 25.2 Å². The molecule has 0 bridgehead atoms. The van der Waals surface area contributed by atoms with Crippen LogP contribution in [-0.2, 0) is 4.79 Å². The summed E-state index contributed by atoms with van der Waals surface area (Å²) >= 11 is 0. The van der Waals surface area contributed by atoms with Gasteiger partial charge in [0.2, 0.25) is 5.91 Å². The number of carbonyl (C=O) groups excluding carboxylic acids is 1. The maximum atomic E-state index is 11.6. The molecule has 0 unspecified atom stereocenters. The van der Waals surface area contributed by atoms with Crippen molar-refractivity contribution in [2.45, 2.75) is 20.8 Å². The van der Waals surface area contributed by atoms with E-state index in [0.717, 1.165) is 5.56 Å². The number of anilines is 1. The molecule has 1 aromatic heterocycles. The zero-order valence-corrected chi connectivity index (χ0v) is 11.1. The van der Waals surface area contributed by atoms with Crippen molar-refractivity contribution in [2.24, 2.45) is 0 Å². The number of nitrogens with one attached hydrogen (secondary N) is 1. The summed E-state index contributed by atoms with van der Waals surface area (Å²) in [4.78, 5) is 13.2. The molecule has 0 saturated carbocycles. The topological polar surface area (TPSA) is 81.9 Å². The molecule has 6 nitrogen and oxygen atoms in total. The summed E-state index contributed by atoms with van der Waals surface area (Å²) in [5.41, 5.74) is 1.94. The first kappa shape index (κ1) is 13.9. The summed E-state index contributed by atoms with van der Waals surface area (Å²) in [7, 11) is 1.72. The molecule has 1 heterocycles. The van der Waals surface area contributed by atoms with E-state index in [2.05, 4.69) is 21.6 Å². The second-order valence-electron chi connectivity index (χ2n) is 4.01. The molecule has 0 atom stereocenters. The minimum absolute atomic E-state index is 0.0542. The molecule has 0 fully saturated rings. The number of hydrogen-bond acceptors (Lipinski definition) is 5. The molecule has 0 spiro atoms. The number of aromatic nitrogens is 2. The van der Waals surface area contributed by atoms with Crippen molar-refractivity contribution < 1.29 is 4.79 Å². The van der Waals surface area contributed by atoms with Crippen LogP contribution in [-0.4, -0.2) is 41.1 Å². The van der Waals surface area contributed by atoms with Crippen molar-refractivity contribution in [3.05, 3.63) is 16.8 Å². The molecule has 0 aromatic carbocycles. The third-order valence-corrected chi connectivity index (χ3v) is 2.87. The average molecular weight is 247 g/mol. The van der Waals surface area contributed by atoms with E-state index in [1.165, 1.54) is 0 Å². The fraction of sp³-hybridized carbons (Fsp3) is 0.500. The van der Waals surface area contributed by atoms with Crippen LogP contribution in [0.4, 0.5) is 5.82 Å². The first-order chi connectivity index (χ1) is 8.51. The molecule has 0 radical (unpaired) electrons. The Morgan fingerprint density at radius 3 is 2.67 bits per heavy atom. The highest BCUT2D eigenvalue weighted by Gasteiger charge is 2.12. The number of rotatable bonds is 4. The lowest BCUT2D eigenvalue weighted by Gasteiger charge is -2.15. The van der Waals surface area contributed by atoms with Crippen LogP contribution in [0.1, 0.15) is 23.7 Å². The van der Waals surface area contributed by atoms with Gasteiger partial charge in [0.05, 0.1) is 12.2 Å². The number of nitriles is 1. The van der Waals surface area contributed by atoms with E-state index in [1.54, 1.807) is 18.9 Å². The molecular weight excluding hydrogens is 230 g/mol. The smallest absolute Gasteiger partial charge is 0.241 e. The molecule has 18 heavy (non-hydrogen) atoms. The SMILES string of the molecule is CCN(C)C(=O)CNc1nnc(C)c(C)c1C#N. The first-order valence-electron chi connectivity index (χ1n) is 5.73. The monoisotopic (exact) mass is 247 g/mol. The van der Waals surface area contributed by atoms with Gasteiger partial charge in [-0.3, -0.25) is 4.79 Å². The highest BCUT2D eigenvalue weighted by atomic mass is 16.2. The Hall–Kier alpha value is -2.16. The average Bonchev–Trinajstić information content (AvgIpc) is 2.38. The molecule has 1 amide bonds. The van der Waals surface area contributed by atoms with Crippen LogP contribution in [0.2, 0.25) is 0 Å². The Bertz CT molecular complexity index is 492. The standard InChI is InChI=1S/C12H17N5O/c1-5-17(4)11(18)7-14-12-10(6-13)8(2)9(3)15-16-12/h5,7H2,1-4H3,(H,14,16). The summed E-state index contributed by atoms with van der Waals surface area (Å²) in [5.74, 6) is 0.305. The quantitative estimate of drug-likeness (QED) is 0.853. The molecule has 0 aliphatic carbocycles. The predicted molar refractivity (Wildman–Crippen MR) is 68.0 cm³/mol. The number of nitrogens with zero attached hydrogens (tertiary/aromatic N) is 4. The third kappa shape index (κ3) is 2.94. The Morgan fingerprint density at radius 2 is 2.11 bits per heavy atom. The lowest BCUT2D eigenvalue weighted by Crippen LogP contribution is -2.32. The number of aryl methyl sites for hydroxylation is 1. The van der Waals surface area contributed by atoms with Crippen LogP contribution in [0.5, 0.6) is 0 Å². The van der Waals surface area contributed by atoms with E-state index >= 15 is 0 Å². The zero-order chi connectivity index (χ0) is 13.7. The Morgan fingerprint density at radius 1 is 1.44 bits per heavy atom. The van der Waals surface area contributed by atoms with Gasteiger partial charge in [-0.2, -0.15) is 10.4 Å². The van der Waals surface area contributed by atoms with E-state index < -0.39 is 0 Å². The minimum Gasteiger partial charge on any atom is -0.358 e. The zero-order valence-electron chi connectivity index (χ0n) is 11.1. The van der Waals surface area contributed by atoms with Crippen molar-refractivity contribution in [2.75, 3.05) is 25.5 Å². The fourth-order valence-electron chi connectivity index (χ4n) is 1.34. The molecule has 1 N–H and O–H groups in total. The summed E-state index contributed by atoms with van der Waals surface area (Å²) < 4.78 is 0. The molecule has 0 aliphatic rings. The lowest BCUT2D eigenvalue weighted by atomic mass is 10.1. The Kier molecular flexibility index (Phi) is 4.60. The normalized spacial score (nSPS) is 9.72. The van der Waals surface area contributed by atoms with Crippen LogP contribution in [0.25, 0.3) is 0 Å².